The van der Waals surface area contributed by atoms with E-state index in [-0.39, 0.29) is 26.2 Å². The van der Waals surface area contributed by atoms with Crippen LogP contribution in [-0.4, -0.2) is 166 Å². The second-order valence-corrected chi connectivity index (χ2v) is 8.91. The number of hydrogen-bond acceptors (Lipinski definition) is 11. The lowest BCUT2D eigenvalue weighted by molar-refractivity contribution is -0.141. The zero-order valence-electron chi connectivity index (χ0n) is 21.6. The van der Waals surface area contributed by atoms with Crippen molar-refractivity contribution in [3.63, 3.8) is 0 Å². The summed E-state index contributed by atoms with van der Waals surface area (Å²) in [6, 6.07) is -0.716. The number of carboxylic acid groups (broad SMARTS) is 5. The first kappa shape index (κ1) is 35.1. The Kier molecular flexibility index (Phi) is 18.6. The molecule has 0 aromatic rings. The number of carboxylic acids is 5. The van der Waals surface area contributed by atoms with Gasteiger partial charge in [0, 0.05) is 52.4 Å². The third kappa shape index (κ3) is 19.3. The van der Waals surface area contributed by atoms with Gasteiger partial charge in [-0.2, -0.15) is 0 Å². The maximum Gasteiger partial charge on any atom is 0.320 e. The van der Waals surface area contributed by atoms with Gasteiger partial charge in [0.2, 0.25) is 0 Å². The predicted molar refractivity (Wildman–Crippen MR) is 135 cm³/mol. The molecule has 1 heterocycles. The smallest absolute Gasteiger partial charge is 0.320 e. The van der Waals surface area contributed by atoms with Gasteiger partial charge in [-0.3, -0.25) is 43.6 Å². The van der Waals surface area contributed by atoms with Crippen molar-refractivity contribution in [3.8, 4) is 0 Å². The van der Waals surface area contributed by atoms with Gasteiger partial charge in [0.25, 0.3) is 0 Å². The highest BCUT2D eigenvalue weighted by Gasteiger charge is 2.20. The van der Waals surface area contributed by atoms with Crippen LogP contribution in [0, 0.1) is 0 Å². The summed E-state index contributed by atoms with van der Waals surface area (Å²) in [6.07, 6.45) is 2.16. The zero-order chi connectivity index (χ0) is 29.1. The summed E-state index contributed by atoms with van der Waals surface area (Å²) >= 11 is 0. The van der Waals surface area contributed by atoms with Crippen molar-refractivity contribution >= 4 is 29.8 Å². The topological polar surface area (TPSA) is 251 Å². The third-order valence-electron chi connectivity index (χ3n) is 5.65. The van der Waals surface area contributed by atoms with Gasteiger partial charge in [-0.25, -0.2) is 0 Å². The Morgan fingerprint density at radius 1 is 0.553 bits per heavy atom. The molecule has 220 valence electrons. The number of nitrogens with two attached hydrogens (primary N) is 2. The molecule has 16 nitrogen and oxygen atoms in total. The van der Waals surface area contributed by atoms with Gasteiger partial charge in [-0.1, -0.05) is 6.42 Å². The van der Waals surface area contributed by atoms with Crippen LogP contribution in [0.1, 0.15) is 19.3 Å². The van der Waals surface area contributed by atoms with Gasteiger partial charge in [-0.15, -0.1) is 0 Å². The molecule has 38 heavy (non-hydrogen) atoms. The van der Waals surface area contributed by atoms with Crippen LogP contribution in [0.2, 0.25) is 0 Å². The Morgan fingerprint density at radius 2 is 0.816 bits per heavy atom. The van der Waals surface area contributed by atoms with E-state index in [9.17, 15) is 24.0 Å². The van der Waals surface area contributed by atoms with Crippen molar-refractivity contribution in [2.24, 2.45) is 11.5 Å². The van der Waals surface area contributed by atoms with Crippen molar-refractivity contribution in [1.29, 1.82) is 0 Å². The van der Waals surface area contributed by atoms with E-state index in [1.54, 1.807) is 19.6 Å². The van der Waals surface area contributed by atoms with E-state index >= 15 is 0 Å². The van der Waals surface area contributed by atoms with Gasteiger partial charge >= 0.3 is 29.8 Å². The van der Waals surface area contributed by atoms with Crippen LogP contribution >= 0.6 is 0 Å². The SMILES string of the molecule is NCCCCC(N)C(=O)O.O=C(O)CN1CCN(CC(=O)O)CCN(CC(=O)O)CCN(CC(=O)O)CC1. The fourth-order valence-electron chi connectivity index (χ4n) is 3.61. The normalized spacial score (nSPS) is 17.7. The number of nitrogens with zero attached hydrogens (tertiary/aromatic N) is 4. The molecule has 0 aliphatic carbocycles. The zero-order valence-corrected chi connectivity index (χ0v) is 21.6. The molecular weight excluding hydrogens is 508 g/mol. The summed E-state index contributed by atoms with van der Waals surface area (Å²) in [7, 11) is 0. The molecule has 0 spiro atoms. The van der Waals surface area contributed by atoms with Gasteiger partial charge in [0.05, 0.1) is 26.2 Å². The van der Waals surface area contributed by atoms with Crippen molar-refractivity contribution in [2.45, 2.75) is 25.3 Å². The predicted octanol–water partition coefficient (Wildman–Crippen LogP) is -2.93. The molecule has 16 heteroatoms. The van der Waals surface area contributed by atoms with Crippen molar-refractivity contribution in [2.75, 3.05) is 85.1 Å². The minimum Gasteiger partial charge on any atom is -0.480 e. The Morgan fingerprint density at radius 3 is 1.00 bits per heavy atom. The molecule has 0 aromatic carbocycles. The fourth-order valence-corrected chi connectivity index (χ4v) is 3.61. The number of rotatable bonds is 13. The molecule has 0 radical (unpaired) electrons. The highest BCUT2D eigenvalue weighted by molar-refractivity contribution is 5.73. The third-order valence-corrected chi connectivity index (χ3v) is 5.65. The summed E-state index contributed by atoms with van der Waals surface area (Å²) in [5, 5.41) is 44.6. The van der Waals surface area contributed by atoms with Crippen molar-refractivity contribution in [1.82, 2.24) is 19.6 Å². The van der Waals surface area contributed by atoms with Crippen LogP contribution in [0.4, 0.5) is 0 Å². The van der Waals surface area contributed by atoms with Crippen LogP contribution in [0.25, 0.3) is 0 Å². The van der Waals surface area contributed by atoms with Crippen molar-refractivity contribution < 1.29 is 49.5 Å². The number of carbonyl (C=O) groups is 5. The van der Waals surface area contributed by atoms with Gasteiger partial charge in [-0.05, 0) is 19.4 Å². The molecule has 1 aliphatic heterocycles. The maximum absolute atomic E-state index is 11.1. The average molecular weight is 551 g/mol. The van der Waals surface area contributed by atoms with E-state index in [0.717, 1.165) is 12.8 Å². The van der Waals surface area contributed by atoms with E-state index in [1.165, 1.54) is 0 Å². The van der Waals surface area contributed by atoms with Crippen LogP contribution in [-0.2, 0) is 24.0 Å². The average Bonchev–Trinajstić information content (AvgIpc) is 2.80. The molecule has 1 rings (SSSR count). The Labute approximate surface area is 221 Å². The summed E-state index contributed by atoms with van der Waals surface area (Å²) < 4.78 is 0. The lowest BCUT2D eigenvalue weighted by Gasteiger charge is -2.32. The van der Waals surface area contributed by atoms with Gasteiger partial charge in [0.15, 0.2) is 0 Å². The summed E-state index contributed by atoms with van der Waals surface area (Å²) in [6.45, 7) is 2.13. The molecule has 0 saturated carbocycles. The van der Waals surface area contributed by atoms with Gasteiger partial charge < -0.3 is 37.0 Å². The van der Waals surface area contributed by atoms with E-state index < -0.39 is 35.9 Å². The minimum atomic E-state index is -1.02. The van der Waals surface area contributed by atoms with Gasteiger partial charge in [0.1, 0.15) is 6.04 Å². The first-order chi connectivity index (χ1) is 17.8. The minimum absolute atomic E-state index is 0.229. The molecule has 1 atom stereocenters. The largest absolute Gasteiger partial charge is 0.480 e. The Bertz CT molecular complexity index is 644. The Balaban J connectivity index is 0.00000115. The highest BCUT2D eigenvalue weighted by Crippen LogP contribution is 2.01. The molecule has 1 aliphatic rings. The second-order valence-electron chi connectivity index (χ2n) is 8.91. The molecule has 0 amide bonds. The molecule has 0 aromatic heterocycles. The first-order valence-corrected chi connectivity index (χ1v) is 12.3. The molecule has 1 saturated heterocycles. The quantitative estimate of drug-likeness (QED) is 0.113. The Hall–Kier alpha value is -2.89. The van der Waals surface area contributed by atoms with Crippen LogP contribution in [0.3, 0.4) is 0 Å². The molecule has 1 fully saturated rings. The van der Waals surface area contributed by atoms with E-state index in [2.05, 4.69) is 0 Å². The molecule has 0 bridgehead atoms. The molecule has 9 N–H and O–H groups in total. The second kappa shape index (κ2) is 20.1. The maximum atomic E-state index is 11.1. The highest BCUT2D eigenvalue weighted by atomic mass is 16.4. The van der Waals surface area contributed by atoms with Crippen LogP contribution in [0.15, 0.2) is 0 Å². The summed E-state index contributed by atoms with van der Waals surface area (Å²) in [4.78, 5) is 61.1. The first-order valence-electron chi connectivity index (χ1n) is 12.3. The number of aliphatic carboxylic acids is 5. The molecule has 1 unspecified atom stereocenters. The monoisotopic (exact) mass is 550 g/mol. The van der Waals surface area contributed by atoms with Crippen LogP contribution in [0.5, 0.6) is 0 Å². The van der Waals surface area contributed by atoms with Crippen LogP contribution < -0.4 is 11.5 Å². The number of hydrogen-bond donors (Lipinski definition) is 7. The molecular formula is C22H42N6O10. The lowest BCUT2D eigenvalue weighted by Crippen LogP contribution is -2.49. The van der Waals surface area contributed by atoms with Crippen molar-refractivity contribution in [3.05, 3.63) is 0 Å². The lowest BCUT2D eigenvalue weighted by atomic mass is 10.1. The van der Waals surface area contributed by atoms with E-state index in [0.29, 0.717) is 65.3 Å². The van der Waals surface area contributed by atoms with E-state index in [4.69, 9.17) is 37.0 Å². The summed E-state index contributed by atoms with van der Waals surface area (Å²) in [5.74, 6) is -5.01. The standard InChI is InChI=1S/C16H28N4O8.C6H14N2O2/c21-13(22)9-17-1-2-18(10-14(23)24)5-6-20(12-16(27)28)8-7-19(4-3-17)11-15(25)26;7-4-2-1-3-5(8)6(9)10/h1-12H2,(H,21,22)(H,23,24)(H,25,26)(H,27,28);5H,1-4,7-8H2,(H,9,10). The number of unbranched alkanes of at least 4 members (excludes halogenated alkanes) is 1. The fraction of sp³-hybridized carbons (Fsp3) is 0.773. The summed E-state index contributed by atoms with van der Waals surface area (Å²) in [5.41, 5.74) is 10.4. The van der Waals surface area contributed by atoms with E-state index in [1.807, 2.05) is 0 Å².